The first-order valence-corrected chi connectivity index (χ1v) is 9.40. The molecule has 1 saturated heterocycles. The number of aromatic nitrogens is 2. The monoisotopic (exact) mass is 335 g/mol. The number of thioether (sulfide) groups is 1. The molecule has 0 spiro atoms. The standard InChI is InChI=1S/C16H21N3OS2/c1-16(2)11-20-13(12-7-5-4-6-8-12)9-19(16)10-14-17-18-15(21-3)22-14/h4-8,13H,9-11H2,1-3H3/t13-/m0/s1. The average Bonchev–Trinajstić information content (AvgIpc) is 2.98. The highest BCUT2D eigenvalue weighted by Gasteiger charge is 2.36. The van der Waals surface area contributed by atoms with Crippen LogP contribution in [-0.2, 0) is 11.3 Å². The molecule has 1 fully saturated rings. The summed E-state index contributed by atoms with van der Waals surface area (Å²) in [7, 11) is 0. The van der Waals surface area contributed by atoms with E-state index in [1.165, 1.54) is 5.56 Å². The Hall–Kier alpha value is -0.950. The minimum absolute atomic E-state index is 0.0104. The Balaban J connectivity index is 1.75. The molecular weight excluding hydrogens is 314 g/mol. The Morgan fingerprint density at radius 2 is 2.09 bits per heavy atom. The molecular formula is C16H21N3OS2. The molecule has 118 valence electrons. The van der Waals surface area contributed by atoms with Gasteiger partial charge in [0, 0.05) is 12.1 Å². The maximum absolute atomic E-state index is 6.10. The lowest BCUT2D eigenvalue weighted by Crippen LogP contribution is -2.53. The molecule has 0 radical (unpaired) electrons. The zero-order valence-electron chi connectivity index (χ0n) is 13.2. The lowest BCUT2D eigenvalue weighted by molar-refractivity contribution is -0.104. The second-order valence-corrected chi connectivity index (χ2v) is 8.18. The first kappa shape index (κ1) is 15.9. The van der Waals surface area contributed by atoms with Gasteiger partial charge in [0.05, 0.1) is 19.3 Å². The van der Waals surface area contributed by atoms with Crippen LogP contribution in [0.4, 0.5) is 0 Å². The van der Waals surface area contributed by atoms with Crippen LogP contribution in [0.25, 0.3) is 0 Å². The third-order valence-electron chi connectivity index (χ3n) is 4.00. The molecule has 6 heteroatoms. The van der Waals surface area contributed by atoms with Gasteiger partial charge >= 0.3 is 0 Å². The number of ether oxygens (including phenoxy) is 1. The molecule has 1 aromatic carbocycles. The van der Waals surface area contributed by atoms with Crippen LogP contribution in [0.1, 0.15) is 30.5 Å². The largest absolute Gasteiger partial charge is 0.370 e. The Bertz CT molecular complexity index is 615. The van der Waals surface area contributed by atoms with Crippen LogP contribution < -0.4 is 0 Å². The van der Waals surface area contributed by atoms with Gasteiger partial charge in [0.1, 0.15) is 5.01 Å². The predicted molar refractivity (Wildman–Crippen MR) is 91.3 cm³/mol. The van der Waals surface area contributed by atoms with Gasteiger partial charge in [-0.1, -0.05) is 53.4 Å². The van der Waals surface area contributed by atoms with Gasteiger partial charge < -0.3 is 4.74 Å². The summed E-state index contributed by atoms with van der Waals surface area (Å²) in [4.78, 5) is 2.46. The van der Waals surface area contributed by atoms with Gasteiger partial charge in [0.15, 0.2) is 4.34 Å². The molecule has 2 aromatic rings. The van der Waals surface area contributed by atoms with Crippen LogP contribution >= 0.6 is 23.1 Å². The maximum Gasteiger partial charge on any atom is 0.174 e. The van der Waals surface area contributed by atoms with Gasteiger partial charge in [-0.25, -0.2) is 0 Å². The summed E-state index contributed by atoms with van der Waals surface area (Å²) in [5, 5.41) is 9.58. The Morgan fingerprint density at radius 3 is 2.77 bits per heavy atom. The van der Waals surface area contributed by atoms with Gasteiger partial charge in [0.25, 0.3) is 0 Å². The molecule has 1 aliphatic heterocycles. The van der Waals surface area contributed by atoms with Crippen molar-refractivity contribution in [1.82, 2.24) is 15.1 Å². The minimum atomic E-state index is 0.0104. The van der Waals surface area contributed by atoms with E-state index in [2.05, 4.69) is 53.2 Å². The van der Waals surface area contributed by atoms with E-state index in [0.29, 0.717) is 0 Å². The smallest absolute Gasteiger partial charge is 0.174 e. The molecule has 1 aromatic heterocycles. The van der Waals surface area contributed by atoms with Crippen molar-refractivity contribution >= 4 is 23.1 Å². The summed E-state index contributed by atoms with van der Waals surface area (Å²) in [5.74, 6) is 0. The highest BCUT2D eigenvalue weighted by Crippen LogP contribution is 2.32. The van der Waals surface area contributed by atoms with E-state index in [9.17, 15) is 0 Å². The van der Waals surface area contributed by atoms with Gasteiger partial charge in [-0.15, -0.1) is 10.2 Å². The molecule has 1 atom stereocenters. The fourth-order valence-electron chi connectivity index (χ4n) is 2.59. The average molecular weight is 335 g/mol. The first-order valence-electron chi connectivity index (χ1n) is 7.36. The molecule has 22 heavy (non-hydrogen) atoms. The quantitative estimate of drug-likeness (QED) is 0.798. The summed E-state index contributed by atoms with van der Waals surface area (Å²) in [6.45, 7) is 6.89. The predicted octanol–water partition coefficient (Wildman–Crippen LogP) is 3.61. The van der Waals surface area contributed by atoms with Crippen molar-refractivity contribution in [2.75, 3.05) is 19.4 Å². The van der Waals surface area contributed by atoms with Crippen LogP contribution in [0.15, 0.2) is 34.7 Å². The summed E-state index contributed by atoms with van der Waals surface area (Å²) in [5.41, 5.74) is 1.25. The molecule has 0 bridgehead atoms. The van der Waals surface area contributed by atoms with Crippen molar-refractivity contribution in [3.05, 3.63) is 40.9 Å². The molecule has 2 heterocycles. The van der Waals surface area contributed by atoms with Crippen LogP contribution in [0.2, 0.25) is 0 Å². The molecule has 0 saturated carbocycles. The molecule has 3 rings (SSSR count). The minimum Gasteiger partial charge on any atom is -0.370 e. The van der Waals surface area contributed by atoms with Crippen molar-refractivity contribution in [3.8, 4) is 0 Å². The van der Waals surface area contributed by atoms with Crippen LogP contribution in [-0.4, -0.2) is 40.0 Å². The van der Waals surface area contributed by atoms with E-state index in [1.807, 2.05) is 12.3 Å². The van der Waals surface area contributed by atoms with Crippen molar-refractivity contribution in [2.24, 2.45) is 0 Å². The number of hydrogen-bond acceptors (Lipinski definition) is 6. The topological polar surface area (TPSA) is 38.2 Å². The number of rotatable bonds is 4. The highest BCUT2D eigenvalue weighted by molar-refractivity contribution is 8.00. The van der Waals surface area contributed by atoms with E-state index >= 15 is 0 Å². The number of benzene rings is 1. The van der Waals surface area contributed by atoms with Crippen LogP contribution in [0.3, 0.4) is 0 Å². The fraction of sp³-hybridized carbons (Fsp3) is 0.500. The van der Waals surface area contributed by atoms with Crippen molar-refractivity contribution in [2.45, 2.75) is 36.4 Å². The normalized spacial score (nSPS) is 21.9. The molecule has 0 aliphatic carbocycles. The summed E-state index contributed by atoms with van der Waals surface area (Å²) >= 11 is 3.33. The van der Waals surface area contributed by atoms with E-state index in [4.69, 9.17) is 4.74 Å². The van der Waals surface area contributed by atoms with Gasteiger partial charge in [-0.05, 0) is 25.7 Å². The highest BCUT2D eigenvalue weighted by atomic mass is 32.2. The second kappa shape index (κ2) is 6.66. The Kier molecular flexibility index (Phi) is 4.82. The summed E-state index contributed by atoms with van der Waals surface area (Å²) in [6, 6.07) is 10.5. The van der Waals surface area contributed by atoms with Crippen molar-refractivity contribution in [3.63, 3.8) is 0 Å². The number of morpholine rings is 1. The van der Waals surface area contributed by atoms with E-state index in [1.54, 1.807) is 23.1 Å². The van der Waals surface area contributed by atoms with Crippen LogP contribution in [0, 0.1) is 0 Å². The second-order valence-electron chi connectivity index (χ2n) is 6.07. The lowest BCUT2D eigenvalue weighted by Gasteiger charge is -2.45. The van der Waals surface area contributed by atoms with Gasteiger partial charge in [0.2, 0.25) is 0 Å². The van der Waals surface area contributed by atoms with Crippen LogP contribution in [0.5, 0.6) is 0 Å². The van der Waals surface area contributed by atoms with Crippen molar-refractivity contribution in [1.29, 1.82) is 0 Å². The van der Waals surface area contributed by atoms with E-state index in [0.717, 1.165) is 29.0 Å². The maximum atomic E-state index is 6.10. The van der Waals surface area contributed by atoms with Gasteiger partial charge in [-0.2, -0.15) is 0 Å². The molecule has 4 nitrogen and oxygen atoms in total. The Labute approximate surface area is 139 Å². The molecule has 1 aliphatic rings. The van der Waals surface area contributed by atoms with Gasteiger partial charge in [-0.3, -0.25) is 4.90 Å². The summed E-state index contributed by atoms with van der Waals surface area (Å²) in [6.07, 6.45) is 2.16. The zero-order valence-corrected chi connectivity index (χ0v) is 14.8. The third-order valence-corrected chi connectivity index (χ3v) is 5.88. The number of hydrogen-bond donors (Lipinski definition) is 0. The molecule has 0 amide bonds. The van der Waals surface area contributed by atoms with E-state index in [-0.39, 0.29) is 11.6 Å². The SMILES string of the molecule is CSc1nnc(CN2C[C@@H](c3ccccc3)OCC2(C)C)s1. The fourth-order valence-corrected chi connectivity index (χ4v) is 3.92. The Morgan fingerprint density at radius 1 is 1.32 bits per heavy atom. The number of nitrogens with zero attached hydrogens (tertiary/aromatic N) is 3. The zero-order chi connectivity index (χ0) is 15.6. The summed E-state index contributed by atoms with van der Waals surface area (Å²) < 4.78 is 7.12. The van der Waals surface area contributed by atoms with E-state index < -0.39 is 0 Å². The molecule has 0 unspecified atom stereocenters. The molecule has 0 N–H and O–H groups in total. The first-order chi connectivity index (χ1) is 10.6. The lowest BCUT2D eigenvalue weighted by atomic mass is 9.98. The third kappa shape index (κ3) is 3.51. The van der Waals surface area contributed by atoms with Crippen molar-refractivity contribution < 1.29 is 4.74 Å².